The zero-order valence-electron chi connectivity index (χ0n) is 37.9. The second kappa shape index (κ2) is 29.3. The maximum absolute atomic E-state index is 13.1. The third-order valence-corrected chi connectivity index (χ3v) is 12.6. The molecule has 2 rings (SSSR count). The van der Waals surface area contributed by atoms with Gasteiger partial charge in [0, 0.05) is 18.9 Å². The number of hydrogen-bond donors (Lipinski definition) is 5. The molecule has 2 aliphatic rings. The van der Waals surface area contributed by atoms with E-state index in [0.717, 1.165) is 32.1 Å². The molecule has 0 fully saturated rings. The van der Waals surface area contributed by atoms with Crippen LogP contribution in [-0.4, -0.2) is 70.0 Å². The van der Waals surface area contributed by atoms with Gasteiger partial charge in [-0.1, -0.05) is 109 Å². The van der Waals surface area contributed by atoms with Crippen LogP contribution in [0.2, 0.25) is 0 Å². The number of rotatable bonds is 32. The van der Waals surface area contributed by atoms with Crippen LogP contribution in [0.3, 0.4) is 0 Å². The van der Waals surface area contributed by atoms with Crippen molar-refractivity contribution >= 4 is 23.8 Å². The largest absolute Gasteiger partial charge is 0.480 e. The van der Waals surface area contributed by atoms with Gasteiger partial charge in [-0.3, -0.25) is 14.4 Å². The van der Waals surface area contributed by atoms with E-state index in [1.54, 1.807) is 0 Å². The van der Waals surface area contributed by atoms with Gasteiger partial charge in [0.15, 0.2) is 0 Å². The summed E-state index contributed by atoms with van der Waals surface area (Å²) in [5.41, 5.74) is 0.606. The first kappa shape index (κ1) is 52.2. The normalized spacial score (nSPS) is 22.0. The Labute approximate surface area is 357 Å². The van der Waals surface area contributed by atoms with Gasteiger partial charge in [0.05, 0.1) is 24.0 Å². The summed E-state index contributed by atoms with van der Waals surface area (Å²) in [5.74, 6) is -1.26. The van der Waals surface area contributed by atoms with Crippen molar-refractivity contribution < 1.29 is 39.2 Å². The number of aliphatic hydroxyl groups excluding tert-OH is 2. The van der Waals surface area contributed by atoms with Crippen LogP contribution in [0.25, 0.3) is 0 Å². The maximum atomic E-state index is 13.1. The number of aliphatic hydroxyl groups is 2. The van der Waals surface area contributed by atoms with Crippen LogP contribution in [-0.2, 0) is 23.9 Å². The Kier molecular flexibility index (Phi) is 25.9. The minimum absolute atomic E-state index is 0.00764. The van der Waals surface area contributed by atoms with Gasteiger partial charge < -0.3 is 30.7 Å². The van der Waals surface area contributed by atoms with Gasteiger partial charge >= 0.3 is 11.9 Å². The molecular formula is C49H84N2O8. The molecule has 0 saturated carbocycles. The van der Waals surface area contributed by atoms with Crippen LogP contribution in [0, 0.1) is 29.1 Å². The summed E-state index contributed by atoms with van der Waals surface area (Å²) < 4.78 is 6.20. The lowest BCUT2D eigenvalue weighted by atomic mass is 9.65. The fourth-order valence-electron chi connectivity index (χ4n) is 8.43. The van der Waals surface area contributed by atoms with Crippen molar-refractivity contribution in [3.8, 4) is 0 Å². The zero-order valence-corrected chi connectivity index (χ0v) is 37.9. The second-order valence-electron chi connectivity index (χ2n) is 18.4. The Bertz CT molecular complexity index is 1320. The first-order valence-electron chi connectivity index (χ1n) is 23.6. The number of fused-ring (bicyclic) bond motifs is 1. The van der Waals surface area contributed by atoms with Crippen molar-refractivity contribution in [3.05, 3.63) is 36.0 Å². The third kappa shape index (κ3) is 21.4. The first-order valence-corrected chi connectivity index (χ1v) is 23.6. The molecule has 0 radical (unpaired) electrons. The van der Waals surface area contributed by atoms with Gasteiger partial charge in [0.2, 0.25) is 11.8 Å². The van der Waals surface area contributed by atoms with Crippen LogP contribution in [0.1, 0.15) is 189 Å². The summed E-state index contributed by atoms with van der Waals surface area (Å²) in [6, 6.07) is -1.10. The molecule has 0 aromatic heterocycles. The monoisotopic (exact) mass is 829 g/mol. The Morgan fingerprint density at radius 3 is 2.14 bits per heavy atom. The number of carboxylic acids is 1. The Morgan fingerprint density at radius 2 is 1.49 bits per heavy atom. The molecule has 3 unspecified atom stereocenters. The Hall–Kier alpha value is -2.98. The minimum atomic E-state index is -1.15. The Morgan fingerprint density at radius 1 is 0.847 bits per heavy atom. The number of hydrogen-bond acceptors (Lipinski definition) is 7. The first-order chi connectivity index (χ1) is 28.2. The molecule has 59 heavy (non-hydrogen) atoms. The summed E-state index contributed by atoms with van der Waals surface area (Å²) in [7, 11) is 0. The van der Waals surface area contributed by atoms with Gasteiger partial charge in [-0.2, -0.15) is 0 Å². The van der Waals surface area contributed by atoms with Gasteiger partial charge in [0.25, 0.3) is 0 Å². The molecule has 0 bridgehead atoms. The highest BCUT2D eigenvalue weighted by molar-refractivity contribution is 5.83. The lowest BCUT2D eigenvalue weighted by molar-refractivity contribution is -0.164. The van der Waals surface area contributed by atoms with E-state index in [4.69, 9.17) is 4.74 Å². The fourth-order valence-corrected chi connectivity index (χ4v) is 8.43. The smallest absolute Gasteiger partial charge is 0.326 e. The lowest BCUT2D eigenvalue weighted by Gasteiger charge is -2.44. The van der Waals surface area contributed by atoms with Crippen LogP contribution in [0.4, 0.5) is 0 Å². The summed E-state index contributed by atoms with van der Waals surface area (Å²) >= 11 is 0. The van der Waals surface area contributed by atoms with E-state index in [0.29, 0.717) is 45.1 Å². The Balaban J connectivity index is 1.63. The minimum Gasteiger partial charge on any atom is -0.480 e. The van der Waals surface area contributed by atoms with Gasteiger partial charge in [0.1, 0.15) is 12.1 Å². The summed E-state index contributed by atoms with van der Waals surface area (Å²) in [6.07, 6.45) is 28.8. The number of esters is 1. The molecule has 0 aromatic rings. The highest BCUT2D eigenvalue weighted by atomic mass is 16.5. The summed E-state index contributed by atoms with van der Waals surface area (Å²) in [4.78, 5) is 50.0. The van der Waals surface area contributed by atoms with Gasteiger partial charge in [-0.15, -0.1) is 0 Å². The standard InChI is InChI=1S/C49H84N2O8/c1-7-9-10-11-12-13-14-15-16-17-18-19-20-21-22-26-44(54)50-31-24-23-25-42(47(56)57)51-45(55)35-40(53)34-39(52)29-30-41-37(4)27-28-38-32-36(3)33-43(46(38)41)59-48(58)49(5,6)8-2/h15-16,27-28,32,36-37,39-43,46,52-53H,7-14,17-26,29-31,33-35H2,1-6H3,(H,50,54)(H,51,55)(H,56,57)/b16-15-/t36-,37-,39-,40+,41-,42?,43?,46?/m0/s1. The molecule has 10 heteroatoms. The average molecular weight is 829 g/mol. The second-order valence-corrected chi connectivity index (χ2v) is 18.4. The van der Waals surface area contributed by atoms with E-state index >= 15 is 0 Å². The number of carboxylic acid groups (broad SMARTS) is 1. The molecule has 8 atom stereocenters. The van der Waals surface area contributed by atoms with Crippen molar-refractivity contribution in [1.82, 2.24) is 10.6 Å². The molecule has 5 N–H and O–H groups in total. The molecule has 0 saturated heterocycles. The number of unbranched alkanes of at least 4 members (excludes halogenated alkanes) is 12. The van der Waals surface area contributed by atoms with E-state index in [9.17, 15) is 34.5 Å². The zero-order chi connectivity index (χ0) is 43.6. The van der Waals surface area contributed by atoms with Crippen LogP contribution in [0.15, 0.2) is 36.0 Å². The topological polar surface area (TPSA) is 162 Å². The fraction of sp³-hybridized carbons (Fsp3) is 0.796. The molecule has 0 heterocycles. The number of carbonyl (C=O) groups is 4. The van der Waals surface area contributed by atoms with Crippen molar-refractivity contribution in [2.75, 3.05) is 6.54 Å². The molecule has 10 nitrogen and oxygen atoms in total. The van der Waals surface area contributed by atoms with E-state index in [2.05, 4.69) is 61.8 Å². The van der Waals surface area contributed by atoms with Crippen LogP contribution >= 0.6 is 0 Å². The maximum Gasteiger partial charge on any atom is 0.326 e. The lowest BCUT2D eigenvalue weighted by Crippen LogP contribution is -2.43. The third-order valence-electron chi connectivity index (χ3n) is 12.6. The van der Waals surface area contributed by atoms with Crippen LogP contribution in [0.5, 0.6) is 0 Å². The molecule has 0 spiro atoms. The number of allylic oxidation sites excluding steroid dienone is 5. The summed E-state index contributed by atoms with van der Waals surface area (Å²) in [5, 5.41) is 36.8. The number of nitrogens with one attached hydrogen (secondary N) is 2. The molecule has 2 amide bonds. The highest BCUT2D eigenvalue weighted by Gasteiger charge is 2.43. The highest BCUT2D eigenvalue weighted by Crippen LogP contribution is 2.45. The van der Waals surface area contributed by atoms with E-state index < -0.39 is 35.5 Å². The van der Waals surface area contributed by atoms with E-state index in [-0.39, 0.29) is 60.9 Å². The van der Waals surface area contributed by atoms with E-state index in [1.807, 2.05) is 20.8 Å². The van der Waals surface area contributed by atoms with Gasteiger partial charge in [-0.05, 0) is 121 Å². The SMILES string of the molecule is CCCCCCCC/C=C\CCCCCCCC(=O)NCCCCC(NC(=O)C[C@H](O)C[C@@H](O)CC[C@@H]1C2C(=C[C@H](C)CC2OC(=O)C(C)(C)CC)C=C[C@@H]1C)C(=O)O. The average Bonchev–Trinajstić information content (AvgIpc) is 3.18. The quantitative estimate of drug-likeness (QED) is 0.0254. The molecule has 338 valence electrons. The molecular weight excluding hydrogens is 745 g/mol. The molecule has 2 aliphatic carbocycles. The predicted molar refractivity (Wildman–Crippen MR) is 237 cm³/mol. The number of carbonyl (C=O) groups excluding carboxylic acids is 3. The van der Waals surface area contributed by atoms with E-state index in [1.165, 1.54) is 63.4 Å². The molecule has 0 aliphatic heterocycles. The number of ether oxygens (including phenoxy) is 1. The number of amides is 2. The van der Waals surface area contributed by atoms with Crippen LogP contribution < -0.4 is 10.6 Å². The number of aliphatic carboxylic acids is 1. The van der Waals surface area contributed by atoms with Crippen molar-refractivity contribution in [2.45, 2.75) is 214 Å². The van der Waals surface area contributed by atoms with Crippen molar-refractivity contribution in [3.63, 3.8) is 0 Å². The molecule has 0 aromatic carbocycles. The van der Waals surface area contributed by atoms with Crippen molar-refractivity contribution in [2.24, 2.45) is 29.1 Å². The van der Waals surface area contributed by atoms with Crippen molar-refractivity contribution in [1.29, 1.82) is 0 Å². The summed E-state index contributed by atoms with van der Waals surface area (Å²) in [6.45, 7) is 12.8. The van der Waals surface area contributed by atoms with Gasteiger partial charge in [-0.25, -0.2) is 4.79 Å². The predicted octanol–water partition coefficient (Wildman–Crippen LogP) is 9.91.